The van der Waals surface area contributed by atoms with Crippen molar-refractivity contribution in [3.63, 3.8) is 0 Å². The van der Waals surface area contributed by atoms with Gasteiger partial charge in [0.05, 0.1) is 18.9 Å². The molecule has 3 rings (SSSR count). The van der Waals surface area contributed by atoms with E-state index in [-0.39, 0.29) is 11.8 Å². The number of ether oxygens (including phenoxy) is 2. The first-order valence-electron chi connectivity index (χ1n) is 9.55. The highest BCUT2D eigenvalue weighted by Gasteiger charge is 2.47. The van der Waals surface area contributed by atoms with E-state index in [0.717, 1.165) is 16.2 Å². The van der Waals surface area contributed by atoms with Crippen molar-refractivity contribution in [2.45, 2.75) is 19.3 Å². The van der Waals surface area contributed by atoms with Crippen LogP contribution in [0, 0.1) is 11.8 Å². The normalized spacial score (nSPS) is 20.4. The van der Waals surface area contributed by atoms with Gasteiger partial charge in [-0.1, -0.05) is 30.4 Å². The molecule has 1 aromatic rings. The lowest BCUT2D eigenvalue weighted by atomic mass is 9.85. The molecule has 0 saturated carbocycles. The summed E-state index contributed by atoms with van der Waals surface area (Å²) >= 11 is 0. The molecule has 0 unspecified atom stereocenters. The van der Waals surface area contributed by atoms with Crippen molar-refractivity contribution in [1.82, 2.24) is 10.2 Å². The van der Waals surface area contributed by atoms with Gasteiger partial charge < -0.3 is 14.8 Å². The Kier molecular flexibility index (Phi) is 6.64. The van der Waals surface area contributed by atoms with Crippen molar-refractivity contribution < 1.29 is 28.7 Å². The summed E-state index contributed by atoms with van der Waals surface area (Å²) in [4.78, 5) is 49.5. The number of carbonyl (C=O) groups excluding carboxylic acids is 4. The molecule has 0 spiro atoms. The van der Waals surface area contributed by atoms with Gasteiger partial charge in [0.25, 0.3) is 5.91 Å². The number of benzene rings is 1. The topological polar surface area (TPSA) is 102 Å². The van der Waals surface area contributed by atoms with E-state index >= 15 is 0 Å². The Morgan fingerprint density at radius 1 is 1.10 bits per heavy atom. The average molecular weight is 400 g/mol. The number of rotatable bonds is 8. The molecule has 8 nitrogen and oxygen atoms in total. The Morgan fingerprint density at radius 2 is 1.76 bits per heavy atom. The number of hydrogen-bond donors (Lipinski definition) is 1. The van der Waals surface area contributed by atoms with E-state index in [1.54, 1.807) is 7.11 Å². The Hall–Kier alpha value is -3.16. The lowest BCUT2D eigenvalue weighted by Crippen LogP contribution is -2.38. The fraction of sp³-hybridized carbons (Fsp3) is 0.429. The Balaban J connectivity index is 1.40. The van der Waals surface area contributed by atoms with Gasteiger partial charge in [-0.2, -0.15) is 0 Å². The number of esters is 1. The van der Waals surface area contributed by atoms with E-state index in [2.05, 4.69) is 5.32 Å². The van der Waals surface area contributed by atoms with Crippen molar-refractivity contribution in [1.29, 1.82) is 0 Å². The first-order valence-corrected chi connectivity index (χ1v) is 9.55. The minimum Gasteiger partial charge on any atom is -0.496 e. The number of fused-ring (bicyclic) bond motifs is 1. The monoisotopic (exact) mass is 400 g/mol. The van der Waals surface area contributed by atoms with Crippen LogP contribution < -0.4 is 10.1 Å². The minimum absolute atomic E-state index is 0.345. The molecular weight excluding hydrogens is 376 g/mol. The summed E-state index contributed by atoms with van der Waals surface area (Å²) in [5.74, 6) is -1.96. The third kappa shape index (κ3) is 4.82. The predicted octanol–water partition coefficient (Wildman–Crippen LogP) is 0.848. The maximum Gasteiger partial charge on any atom is 0.326 e. The molecule has 1 aliphatic carbocycles. The molecule has 1 fully saturated rings. The van der Waals surface area contributed by atoms with Crippen molar-refractivity contribution >= 4 is 23.7 Å². The first kappa shape index (κ1) is 20.6. The molecule has 2 aliphatic rings. The maximum atomic E-state index is 12.3. The van der Waals surface area contributed by atoms with Crippen LogP contribution in [0.3, 0.4) is 0 Å². The second-order valence-electron chi connectivity index (χ2n) is 6.99. The highest BCUT2D eigenvalue weighted by atomic mass is 16.5. The van der Waals surface area contributed by atoms with Crippen molar-refractivity contribution in [2.24, 2.45) is 11.8 Å². The standard InChI is InChI=1S/C21H24N2O6/c1-28-17-9-5-2-6-14(17)10-11-22-18(24)13-29-19(25)12-23-20(26)15-7-3-4-8-16(15)21(23)27/h2-6,9,15-16H,7-8,10-13H2,1H3,(H,22,24)/t15-,16+. The summed E-state index contributed by atoms with van der Waals surface area (Å²) in [7, 11) is 1.58. The quantitative estimate of drug-likeness (QED) is 0.394. The van der Waals surface area contributed by atoms with Gasteiger partial charge in [0.1, 0.15) is 12.3 Å². The second-order valence-corrected chi connectivity index (χ2v) is 6.99. The molecule has 1 heterocycles. The number of nitrogens with zero attached hydrogens (tertiary/aromatic N) is 1. The molecule has 2 atom stereocenters. The fourth-order valence-electron chi connectivity index (χ4n) is 3.64. The van der Waals surface area contributed by atoms with E-state index in [0.29, 0.717) is 25.8 Å². The number of amides is 3. The molecule has 1 saturated heterocycles. The molecule has 8 heteroatoms. The second kappa shape index (κ2) is 9.36. The van der Waals surface area contributed by atoms with Crippen molar-refractivity contribution in [3.05, 3.63) is 42.0 Å². The third-order valence-corrected chi connectivity index (χ3v) is 5.16. The van der Waals surface area contributed by atoms with Crippen LogP contribution in [0.2, 0.25) is 0 Å². The van der Waals surface area contributed by atoms with E-state index in [1.165, 1.54) is 0 Å². The molecule has 1 aromatic carbocycles. The van der Waals surface area contributed by atoms with Gasteiger partial charge >= 0.3 is 5.97 Å². The summed E-state index contributed by atoms with van der Waals surface area (Å²) in [6, 6.07) is 7.49. The van der Waals surface area contributed by atoms with Gasteiger partial charge in [-0.3, -0.25) is 24.1 Å². The summed E-state index contributed by atoms with van der Waals surface area (Å²) < 4.78 is 10.2. The first-order chi connectivity index (χ1) is 14.0. The van der Waals surface area contributed by atoms with E-state index < -0.39 is 36.9 Å². The highest BCUT2D eigenvalue weighted by Crippen LogP contribution is 2.34. The Bertz CT molecular complexity index is 808. The lowest BCUT2D eigenvalue weighted by molar-refractivity contribution is -0.154. The molecule has 1 N–H and O–H groups in total. The van der Waals surface area contributed by atoms with Crippen LogP contribution in [-0.4, -0.2) is 55.4 Å². The minimum atomic E-state index is -0.779. The number of allylic oxidation sites excluding steroid dienone is 2. The van der Waals surface area contributed by atoms with E-state index in [1.807, 2.05) is 36.4 Å². The smallest absolute Gasteiger partial charge is 0.326 e. The third-order valence-electron chi connectivity index (χ3n) is 5.16. The highest BCUT2D eigenvalue weighted by molar-refractivity contribution is 6.07. The maximum absolute atomic E-state index is 12.3. The van der Waals surface area contributed by atoms with Gasteiger partial charge in [-0.25, -0.2) is 0 Å². The summed E-state index contributed by atoms with van der Waals surface area (Å²) in [5, 5.41) is 2.66. The number of hydrogen-bond acceptors (Lipinski definition) is 6. The van der Waals surface area contributed by atoms with Crippen molar-refractivity contribution in [2.75, 3.05) is 26.8 Å². The van der Waals surface area contributed by atoms with Gasteiger partial charge in [-0.05, 0) is 30.9 Å². The molecule has 0 radical (unpaired) electrons. The van der Waals surface area contributed by atoms with Gasteiger partial charge in [0.2, 0.25) is 11.8 Å². The molecule has 154 valence electrons. The zero-order valence-corrected chi connectivity index (χ0v) is 16.3. The van der Waals surface area contributed by atoms with E-state index in [9.17, 15) is 19.2 Å². The molecule has 1 aliphatic heterocycles. The zero-order valence-electron chi connectivity index (χ0n) is 16.3. The largest absolute Gasteiger partial charge is 0.496 e. The van der Waals surface area contributed by atoms with Crippen LogP contribution in [0.15, 0.2) is 36.4 Å². The number of nitrogens with one attached hydrogen (secondary N) is 1. The van der Waals surface area contributed by atoms with Crippen LogP contribution in [0.25, 0.3) is 0 Å². The Morgan fingerprint density at radius 3 is 2.41 bits per heavy atom. The number of likely N-dealkylation sites (tertiary alicyclic amines) is 1. The molecular formula is C21H24N2O6. The van der Waals surface area contributed by atoms with Crippen LogP contribution in [0.4, 0.5) is 0 Å². The zero-order chi connectivity index (χ0) is 20.8. The van der Waals surface area contributed by atoms with Crippen LogP contribution in [-0.2, 0) is 30.3 Å². The summed E-state index contributed by atoms with van der Waals surface area (Å²) in [5.41, 5.74) is 0.953. The molecule has 0 bridgehead atoms. The molecule has 29 heavy (non-hydrogen) atoms. The van der Waals surface area contributed by atoms with Gasteiger partial charge in [0, 0.05) is 6.54 Å². The molecule has 3 amide bonds. The Labute approximate surface area is 168 Å². The van der Waals surface area contributed by atoms with Crippen LogP contribution >= 0.6 is 0 Å². The SMILES string of the molecule is COc1ccccc1CCNC(=O)COC(=O)CN1C(=O)[C@H]2CC=CC[C@H]2C1=O. The van der Waals surface area contributed by atoms with Gasteiger partial charge in [0.15, 0.2) is 6.61 Å². The summed E-state index contributed by atoms with van der Waals surface area (Å²) in [6.07, 6.45) is 5.34. The van der Waals surface area contributed by atoms with Crippen molar-refractivity contribution in [3.8, 4) is 5.75 Å². The fourth-order valence-corrected chi connectivity index (χ4v) is 3.64. The molecule has 0 aromatic heterocycles. The number of carbonyl (C=O) groups is 4. The number of para-hydroxylation sites is 1. The average Bonchev–Trinajstić information content (AvgIpc) is 2.98. The number of imide groups is 1. The van der Waals surface area contributed by atoms with E-state index in [4.69, 9.17) is 9.47 Å². The van der Waals surface area contributed by atoms with Gasteiger partial charge in [-0.15, -0.1) is 0 Å². The van der Waals surface area contributed by atoms with Crippen LogP contribution in [0.1, 0.15) is 18.4 Å². The predicted molar refractivity (Wildman–Crippen MR) is 103 cm³/mol. The number of methoxy groups -OCH3 is 1. The van der Waals surface area contributed by atoms with Crippen LogP contribution in [0.5, 0.6) is 5.75 Å². The summed E-state index contributed by atoms with van der Waals surface area (Å²) in [6.45, 7) is -0.565. The lowest BCUT2D eigenvalue weighted by Gasteiger charge is -2.14.